The molecule has 2 rings (SSSR count). The Hall–Kier alpha value is -1.79. The molecule has 0 fully saturated rings. The minimum atomic E-state index is -0.512. The summed E-state index contributed by atoms with van der Waals surface area (Å²) in [7, 11) is 1.47. The summed E-state index contributed by atoms with van der Waals surface area (Å²) in [4.78, 5) is 24.7. The number of thioether (sulfide) groups is 1. The van der Waals surface area contributed by atoms with Crippen molar-refractivity contribution in [2.45, 2.75) is 10.1 Å². The third-order valence-electron chi connectivity index (χ3n) is 2.87. The standard InChI is InChI=1S/C16H15BrN2O2S/c1-18-16(21)19-15(20)14(11-5-3-2-4-6-11)22-13-9-7-12(17)8-10-13/h2-10,14H,1H3,(H2,18,19,20,21)/t14-/m0/s1. The molecule has 22 heavy (non-hydrogen) atoms. The Balaban J connectivity index is 2.23. The molecule has 0 saturated carbocycles. The van der Waals surface area contributed by atoms with Gasteiger partial charge in [-0.2, -0.15) is 0 Å². The minimum Gasteiger partial charge on any atom is -0.341 e. The van der Waals surface area contributed by atoms with E-state index in [0.29, 0.717) is 0 Å². The third kappa shape index (κ3) is 4.61. The van der Waals surface area contributed by atoms with Crippen molar-refractivity contribution in [3.63, 3.8) is 0 Å². The van der Waals surface area contributed by atoms with Gasteiger partial charge in [0.05, 0.1) is 0 Å². The molecule has 0 spiro atoms. The van der Waals surface area contributed by atoms with Gasteiger partial charge in [0.2, 0.25) is 5.91 Å². The van der Waals surface area contributed by atoms with Crippen LogP contribution in [0.3, 0.4) is 0 Å². The summed E-state index contributed by atoms with van der Waals surface area (Å²) in [5, 5.41) is 4.23. The average molecular weight is 379 g/mol. The fourth-order valence-corrected chi connectivity index (χ4v) is 3.08. The molecule has 4 nitrogen and oxygen atoms in total. The fraction of sp³-hybridized carbons (Fsp3) is 0.125. The quantitative estimate of drug-likeness (QED) is 0.796. The van der Waals surface area contributed by atoms with Gasteiger partial charge in [-0.15, -0.1) is 11.8 Å². The van der Waals surface area contributed by atoms with Crippen LogP contribution in [0.25, 0.3) is 0 Å². The molecule has 1 atom stereocenters. The Morgan fingerprint density at radius 1 is 1.05 bits per heavy atom. The van der Waals surface area contributed by atoms with Gasteiger partial charge in [0.25, 0.3) is 0 Å². The largest absolute Gasteiger partial charge is 0.341 e. The van der Waals surface area contributed by atoms with Crippen LogP contribution in [0.5, 0.6) is 0 Å². The SMILES string of the molecule is CNC(=O)NC(=O)[C@@H](Sc1ccc(Br)cc1)c1ccccc1. The van der Waals surface area contributed by atoms with Gasteiger partial charge in [-0.05, 0) is 29.8 Å². The number of carbonyl (C=O) groups excluding carboxylic acids is 2. The maximum absolute atomic E-state index is 12.4. The van der Waals surface area contributed by atoms with Crippen molar-refractivity contribution in [3.05, 3.63) is 64.6 Å². The Labute approximate surface area is 141 Å². The number of benzene rings is 2. The first-order valence-electron chi connectivity index (χ1n) is 6.60. The van der Waals surface area contributed by atoms with E-state index in [4.69, 9.17) is 0 Å². The molecule has 0 saturated heterocycles. The maximum atomic E-state index is 12.4. The van der Waals surface area contributed by atoms with Crippen LogP contribution in [0, 0.1) is 0 Å². The first kappa shape index (κ1) is 16.6. The van der Waals surface area contributed by atoms with E-state index in [0.717, 1.165) is 14.9 Å². The number of carbonyl (C=O) groups is 2. The summed E-state index contributed by atoms with van der Waals surface area (Å²) in [5.41, 5.74) is 0.844. The van der Waals surface area contributed by atoms with Gasteiger partial charge in [0, 0.05) is 16.4 Å². The molecule has 0 aromatic heterocycles. The number of imide groups is 1. The van der Waals surface area contributed by atoms with Crippen LogP contribution in [-0.2, 0) is 4.79 Å². The van der Waals surface area contributed by atoms with Crippen LogP contribution < -0.4 is 10.6 Å². The van der Waals surface area contributed by atoms with Gasteiger partial charge in [-0.1, -0.05) is 46.3 Å². The molecule has 0 aliphatic carbocycles. The molecule has 2 aromatic rings. The highest BCUT2D eigenvalue weighted by Gasteiger charge is 2.23. The van der Waals surface area contributed by atoms with Crippen LogP contribution in [0.15, 0.2) is 64.0 Å². The molecule has 0 radical (unpaired) electrons. The van der Waals surface area contributed by atoms with E-state index in [1.165, 1.54) is 18.8 Å². The topological polar surface area (TPSA) is 58.2 Å². The van der Waals surface area contributed by atoms with Crippen molar-refractivity contribution in [3.8, 4) is 0 Å². The van der Waals surface area contributed by atoms with E-state index in [9.17, 15) is 9.59 Å². The van der Waals surface area contributed by atoms with Crippen LogP contribution in [-0.4, -0.2) is 19.0 Å². The molecule has 0 bridgehead atoms. The number of urea groups is 1. The van der Waals surface area contributed by atoms with Crippen LogP contribution >= 0.6 is 27.7 Å². The number of halogens is 1. The van der Waals surface area contributed by atoms with Crippen LogP contribution in [0.4, 0.5) is 4.79 Å². The van der Waals surface area contributed by atoms with Gasteiger partial charge in [-0.25, -0.2) is 4.79 Å². The van der Waals surface area contributed by atoms with Crippen molar-refractivity contribution in [1.82, 2.24) is 10.6 Å². The van der Waals surface area contributed by atoms with Gasteiger partial charge in [0.15, 0.2) is 0 Å². The summed E-state index contributed by atoms with van der Waals surface area (Å²) in [6.45, 7) is 0. The lowest BCUT2D eigenvalue weighted by Gasteiger charge is -2.16. The Morgan fingerprint density at radius 2 is 1.68 bits per heavy atom. The van der Waals surface area contributed by atoms with E-state index in [1.54, 1.807) is 0 Å². The van der Waals surface area contributed by atoms with Crippen molar-refractivity contribution in [2.75, 3.05) is 7.05 Å². The van der Waals surface area contributed by atoms with E-state index in [-0.39, 0.29) is 5.91 Å². The lowest BCUT2D eigenvalue weighted by molar-refractivity contribution is -0.119. The molecule has 0 aliphatic rings. The van der Waals surface area contributed by atoms with Crippen molar-refractivity contribution in [1.29, 1.82) is 0 Å². The predicted octanol–water partition coefficient (Wildman–Crippen LogP) is 3.74. The van der Waals surface area contributed by atoms with Gasteiger partial charge >= 0.3 is 6.03 Å². The summed E-state index contributed by atoms with van der Waals surface area (Å²) in [6, 6.07) is 16.6. The Kier molecular flexibility index (Phi) is 6.03. The molecule has 3 amide bonds. The van der Waals surface area contributed by atoms with Crippen LogP contribution in [0.1, 0.15) is 10.8 Å². The molecule has 2 N–H and O–H groups in total. The molecular weight excluding hydrogens is 364 g/mol. The second kappa shape index (κ2) is 8.00. The van der Waals surface area contributed by atoms with Gasteiger partial charge in [-0.3, -0.25) is 10.1 Å². The number of hydrogen-bond acceptors (Lipinski definition) is 3. The summed E-state index contributed by atoms with van der Waals surface area (Å²) in [6.07, 6.45) is 0. The minimum absolute atomic E-state index is 0.349. The zero-order valence-corrected chi connectivity index (χ0v) is 14.3. The molecule has 0 unspecified atom stereocenters. The number of rotatable bonds is 4. The van der Waals surface area contributed by atoms with E-state index in [2.05, 4.69) is 26.6 Å². The van der Waals surface area contributed by atoms with Crippen molar-refractivity contribution < 1.29 is 9.59 Å². The van der Waals surface area contributed by atoms with Crippen LogP contribution in [0.2, 0.25) is 0 Å². The van der Waals surface area contributed by atoms with Gasteiger partial charge in [0.1, 0.15) is 5.25 Å². The van der Waals surface area contributed by atoms with E-state index >= 15 is 0 Å². The molecule has 0 aliphatic heterocycles. The molecule has 6 heteroatoms. The lowest BCUT2D eigenvalue weighted by Crippen LogP contribution is -2.39. The lowest BCUT2D eigenvalue weighted by atomic mass is 10.1. The zero-order chi connectivity index (χ0) is 15.9. The highest BCUT2D eigenvalue weighted by molar-refractivity contribution is 9.10. The number of amides is 3. The molecule has 0 heterocycles. The van der Waals surface area contributed by atoms with Gasteiger partial charge < -0.3 is 5.32 Å². The monoisotopic (exact) mass is 378 g/mol. The molecular formula is C16H15BrN2O2S. The maximum Gasteiger partial charge on any atom is 0.321 e. The number of nitrogens with one attached hydrogen (secondary N) is 2. The number of hydrogen-bond donors (Lipinski definition) is 2. The molecule has 114 valence electrons. The summed E-state index contributed by atoms with van der Waals surface area (Å²) >= 11 is 4.78. The normalized spacial score (nSPS) is 11.5. The smallest absolute Gasteiger partial charge is 0.321 e. The van der Waals surface area contributed by atoms with Crippen molar-refractivity contribution >= 4 is 39.6 Å². The third-order valence-corrected chi connectivity index (χ3v) is 4.67. The average Bonchev–Trinajstić information content (AvgIpc) is 2.54. The fourth-order valence-electron chi connectivity index (χ4n) is 1.79. The summed E-state index contributed by atoms with van der Waals surface area (Å²) in [5.74, 6) is -0.349. The Bertz CT molecular complexity index is 647. The first-order chi connectivity index (χ1) is 10.6. The Morgan fingerprint density at radius 3 is 2.27 bits per heavy atom. The van der Waals surface area contributed by atoms with E-state index in [1.807, 2.05) is 54.6 Å². The highest BCUT2D eigenvalue weighted by Crippen LogP contribution is 2.35. The second-order valence-corrected chi connectivity index (χ2v) is 6.53. The predicted molar refractivity (Wildman–Crippen MR) is 91.8 cm³/mol. The van der Waals surface area contributed by atoms with E-state index < -0.39 is 11.3 Å². The second-order valence-electron chi connectivity index (χ2n) is 4.43. The van der Waals surface area contributed by atoms with Crippen molar-refractivity contribution in [2.24, 2.45) is 0 Å². The highest BCUT2D eigenvalue weighted by atomic mass is 79.9. The molecule has 2 aromatic carbocycles. The summed E-state index contributed by atoms with van der Waals surface area (Å²) < 4.78 is 0.975. The first-order valence-corrected chi connectivity index (χ1v) is 8.27. The zero-order valence-electron chi connectivity index (χ0n) is 11.9.